The average molecular weight is 549 g/mol. The lowest BCUT2D eigenvalue weighted by atomic mass is 9.93. The highest BCUT2D eigenvalue weighted by molar-refractivity contribution is 7.90. The Morgan fingerprint density at radius 2 is 1.38 bits per heavy atom. The van der Waals surface area contributed by atoms with Gasteiger partial charge in [-0.05, 0) is 36.8 Å². The number of halogens is 3. The second-order valence-electron chi connectivity index (χ2n) is 8.25. The molecule has 37 heavy (non-hydrogen) atoms. The van der Waals surface area contributed by atoms with Crippen LogP contribution in [0.1, 0.15) is 11.4 Å². The molecule has 0 aliphatic heterocycles. The smallest absolute Gasteiger partial charge is 0.282 e. The van der Waals surface area contributed by atoms with Crippen LogP contribution in [0.4, 0.5) is 13.2 Å². The minimum atomic E-state index is -5.01. The first-order valence-corrected chi connectivity index (χ1v) is 13.9. The number of benzene rings is 3. The van der Waals surface area contributed by atoms with E-state index in [0.717, 1.165) is 12.3 Å². The van der Waals surface area contributed by atoms with E-state index in [1.54, 1.807) is 37.3 Å². The molecule has 0 aliphatic carbocycles. The van der Waals surface area contributed by atoms with Crippen molar-refractivity contribution in [2.75, 3.05) is 6.26 Å². The van der Waals surface area contributed by atoms with Gasteiger partial charge in [-0.25, -0.2) is 18.4 Å². The van der Waals surface area contributed by atoms with Gasteiger partial charge >= 0.3 is 6.18 Å². The lowest BCUT2D eigenvalue weighted by Crippen LogP contribution is -2.14. The van der Waals surface area contributed by atoms with Gasteiger partial charge in [0.1, 0.15) is 4.90 Å². The predicted octanol–water partition coefficient (Wildman–Crippen LogP) is 5.46. The Kier molecular flexibility index (Phi) is 6.69. The van der Waals surface area contributed by atoms with Crippen LogP contribution in [0.15, 0.2) is 82.6 Å². The number of alkyl halides is 3. The molecule has 0 aliphatic rings. The maximum atomic E-state index is 14.0. The van der Waals surface area contributed by atoms with Gasteiger partial charge in [-0.1, -0.05) is 54.1 Å². The molecular formula is C25H19F3N2O5S2. The topological polar surface area (TPSA) is 114 Å². The first-order chi connectivity index (χ1) is 17.2. The van der Waals surface area contributed by atoms with Crippen LogP contribution in [0.5, 0.6) is 0 Å². The molecule has 192 valence electrons. The lowest BCUT2D eigenvalue weighted by Gasteiger charge is -2.19. The van der Waals surface area contributed by atoms with Crippen LogP contribution in [0, 0.1) is 6.92 Å². The Hall–Kier alpha value is -3.61. The number of hydrogen-bond donors (Lipinski definition) is 1. The molecule has 1 heterocycles. The van der Waals surface area contributed by atoms with Gasteiger partial charge in [0, 0.05) is 22.9 Å². The molecule has 4 rings (SSSR count). The fraction of sp³-hybridized carbons (Fsp3) is 0.120. The van der Waals surface area contributed by atoms with E-state index >= 15 is 0 Å². The molecule has 0 bridgehead atoms. The molecule has 3 aromatic carbocycles. The van der Waals surface area contributed by atoms with E-state index in [1.165, 1.54) is 36.4 Å². The number of hydrogen-bond acceptors (Lipinski definition) is 6. The van der Waals surface area contributed by atoms with Gasteiger partial charge in [0.15, 0.2) is 9.84 Å². The van der Waals surface area contributed by atoms with Gasteiger partial charge in [0.25, 0.3) is 10.1 Å². The summed E-state index contributed by atoms with van der Waals surface area (Å²) in [7, 11) is -8.43. The first kappa shape index (κ1) is 26.5. The Labute approximate surface area is 211 Å². The first-order valence-electron chi connectivity index (χ1n) is 10.6. The molecular weight excluding hydrogens is 529 g/mol. The maximum absolute atomic E-state index is 14.0. The van der Waals surface area contributed by atoms with Crippen molar-refractivity contribution in [1.82, 2.24) is 9.97 Å². The van der Waals surface area contributed by atoms with Crippen LogP contribution in [0.25, 0.3) is 33.6 Å². The summed E-state index contributed by atoms with van der Waals surface area (Å²) in [6.45, 7) is 1.61. The molecule has 1 aromatic heterocycles. The molecule has 0 saturated heterocycles. The summed E-state index contributed by atoms with van der Waals surface area (Å²) >= 11 is 0. The summed E-state index contributed by atoms with van der Waals surface area (Å²) in [5.74, 6) is -1.54. The van der Waals surface area contributed by atoms with Crippen molar-refractivity contribution in [3.05, 3.63) is 84.2 Å². The van der Waals surface area contributed by atoms with Crippen molar-refractivity contribution >= 4 is 20.0 Å². The molecule has 0 saturated carbocycles. The Morgan fingerprint density at radius 1 is 0.784 bits per heavy atom. The summed E-state index contributed by atoms with van der Waals surface area (Å²) in [6, 6.07) is 17.0. The van der Waals surface area contributed by atoms with Crippen LogP contribution in [-0.2, 0) is 26.1 Å². The zero-order valence-corrected chi connectivity index (χ0v) is 21.0. The summed E-state index contributed by atoms with van der Waals surface area (Å²) in [6.07, 6.45) is -4.01. The molecule has 0 radical (unpaired) electrons. The number of nitrogens with zero attached hydrogens (tertiary/aromatic N) is 2. The van der Waals surface area contributed by atoms with Gasteiger partial charge in [0.2, 0.25) is 5.82 Å². The predicted molar refractivity (Wildman–Crippen MR) is 131 cm³/mol. The lowest BCUT2D eigenvalue weighted by molar-refractivity contribution is -0.144. The van der Waals surface area contributed by atoms with Crippen LogP contribution in [-0.4, -0.2) is 37.6 Å². The quantitative estimate of drug-likeness (QED) is 0.330. The third-order valence-corrected chi connectivity index (χ3v) is 7.49. The number of rotatable bonds is 5. The van der Waals surface area contributed by atoms with Crippen LogP contribution in [0.2, 0.25) is 0 Å². The van der Waals surface area contributed by atoms with E-state index in [9.17, 15) is 34.6 Å². The van der Waals surface area contributed by atoms with Gasteiger partial charge in [-0.15, -0.1) is 0 Å². The van der Waals surface area contributed by atoms with Crippen molar-refractivity contribution in [1.29, 1.82) is 0 Å². The van der Waals surface area contributed by atoms with Crippen LogP contribution >= 0.6 is 0 Å². The summed E-state index contributed by atoms with van der Waals surface area (Å²) in [5, 5.41) is 0. The second kappa shape index (κ2) is 9.36. The average Bonchev–Trinajstić information content (AvgIpc) is 2.82. The van der Waals surface area contributed by atoms with Crippen LogP contribution in [0.3, 0.4) is 0 Å². The third-order valence-electron chi connectivity index (χ3n) is 5.45. The molecule has 0 amide bonds. The molecule has 0 spiro atoms. The molecule has 4 aromatic rings. The van der Waals surface area contributed by atoms with E-state index in [2.05, 4.69) is 9.97 Å². The fourth-order valence-electron chi connectivity index (χ4n) is 3.78. The number of sulfone groups is 1. The van der Waals surface area contributed by atoms with Gasteiger partial charge in [0.05, 0.1) is 16.3 Å². The summed E-state index contributed by atoms with van der Waals surface area (Å²) < 4.78 is 100.0. The Bertz CT molecular complexity index is 1700. The standard InChI is InChI=1S/C25H19F3N2O5S2/c1-15-8-13-20(37(33,34)35)19(14-15)23-21(16-6-4-3-5-7-16)22(29-24(30-23)25(26,27)28)17-9-11-18(12-10-17)36(2,31)32/h3-14H,1-2H3,(H,33,34,35). The van der Waals surface area contributed by atoms with Gasteiger partial charge in [-0.3, -0.25) is 4.55 Å². The van der Waals surface area contributed by atoms with E-state index in [1.807, 2.05) is 0 Å². The SMILES string of the molecule is Cc1ccc(S(=O)(=O)O)c(-c2nc(C(F)(F)F)nc(-c3ccc(S(C)(=O)=O)cc3)c2-c2ccccc2)c1. The van der Waals surface area contributed by atoms with Crippen molar-refractivity contribution in [3.8, 4) is 33.6 Å². The number of aryl methyl sites for hydroxylation is 1. The van der Waals surface area contributed by atoms with E-state index in [-0.39, 0.29) is 33.0 Å². The molecule has 0 fully saturated rings. The van der Waals surface area contributed by atoms with Crippen molar-refractivity contribution in [2.24, 2.45) is 0 Å². The van der Waals surface area contributed by atoms with Gasteiger partial charge in [-0.2, -0.15) is 21.6 Å². The van der Waals surface area contributed by atoms with E-state index in [0.29, 0.717) is 11.1 Å². The molecule has 0 unspecified atom stereocenters. The Balaban J connectivity index is 2.19. The maximum Gasteiger partial charge on any atom is 0.451 e. The molecule has 7 nitrogen and oxygen atoms in total. The summed E-state index contributed by atoms with van der Waals surface area (Å²) in [4.78, 5) is 6.86. The monoisotopic (exact) mass is 548 g/mol. The van der Waals surface area contributed by atoms with Crippen molar-refractivity contribution in [2.45, 2.75) is 22.9 Å². The summed E-state index contributed by atoms with van der Waals surface area (Å²) in [5.41, 5.74) is 0.267. The highest BCUT2D eigenvalue weighted by Gasteiger charge is 2.37. The molecule has 0 atom stereocenters. The largest absolute Gasteiger partial charge is 0.451 e. The van der Waals surface area contributed by atoms with Gasteiger partial charge < -0.3 is 0 Å². The van der Waals surface area contributed by atoms with Crippen molar-refractivity contribution < 1.29 is 34.6 Å². The number of aromatic nitrogens is 2. The van der Waals surface area contributed by atoms with Crippen molar-refractivity contribution in [3.63, 3.8) is 0 Å². The normalized spacial score (nSPS) is 12.5. The second-order valence-corrected chi connectivity index (χ2v) is 11.7. The minimum absolute atomic E-state index is 0.0461. The zero-order chi connectivity index (χ0) is 27.2. The van der Waals surface area contributed by atoms with Crippen LogP contribution < -0.4 is 0 Å². The zero-order valence-electron chi connectivity index (χ0n) is 19.4. The third kappa shape index (κ3) is 5.55. The minimum Gasteiger partial charge on any atom is -0.282 e. The highest BCUT2D eigenvalue weighted by Crippen LogP contribution is 2.42. The van der Waals surface area contributed by atoms with E-state index < -0.39 is 36.9 Å². The molecule has 12 heteroatoms. The highest BCUT2D eigenvalue weighted by atomic mass is 32.2. The molecule has 1 N–H and O–H groups in total. The fourth-order valence-corrected chi connectivity index (χ4v) is 5.09. The Morgan fingerprint density at radius 3 is 1.92 bits per heavy atom. The van der Waals surface area contributed by atoms with E-state index in [4.69, 9.17) is 0 Å².